The predicted octanol–water partition coefficient (Wildman–Crippen LogP) is -2.42. The predicted molar refractivity (Wildman–Crippen MR) is 33.0 cm³/mol. The first-order valence-electron chi connectivity index (χ1n) is 1.35. The minimum atomic E-state index is -4.67. The minimum Gasteiger partial charge on any atom is -1.00 e. The quantitative estimate of drug-likeness (QED) is 0.254. The summed E-state index contributed by atoms with van der Waals surface area (Å²) < 4.78 is 40.3. The third-order valence-corrected chi connectivity index (χ3v) is 0. The average molecular weight is 202 g/mol. The van der Waals surface area contributed by atoms with Gasteiger partial charge in [0.05, 0.1) is 0 Å². The van der Waals surface area contributed by atoms with Gasteiger partial charge in [-0.05, 0) is 0 Å². The van der Waals surface area contributed by atoms with E-state index in [2.05, 4.69) is 0 Å². The van der Waals surface area contributed by atoms with E-state index in [4.69, 9.17) is 31.6 Å². The molecule has 0 bridgehead atoms. The van der Waals surface area contributed by atoms with Gasteiger partial charge in [0.15, 0.2) is 0 Å². The Morgan fingerprint density at radius 2 is 1.20 bits per heavy atom. The molecule has 0 unspecified atom stereocenters. The SMILES string of the molecule is O=S(=O)(O)O.O=[Si](O)O.[H-].[H-].[Mg+2]. The van der Waals surface area contributed by atoms with Gasteiger partial charge < -0.3 is 12.4 Å². The van der Waals surface area contributed by atoms with E-state index in [-0.39, 0.29) is 25.9 Å². The molecule has 0 saturated carbocycles. The first-order valence-corrected chi connectivity index (χ1v) is 4.05. The molecule has 4 N–H and O–H groups in total. The summed E-state index contributed by atoms with van der Waals surface area (Å²) in [6, 6.07) is 0. The molecule has 10 heavy (non-hydrogen) atoms. The molecule has 0 rings (SSSR count). The summed E-state index contributed by atoms with van der Waals surface area (Å²) in [5, 5.41) is 0. The molecule has 0 radical (unpaired) electrons. The van der Waals surface area contributed by atoms with Crippen LogP contribution >= 0.6 is 0 Å². The van der Waals surface area contributed by atoms with E-state index < -0.39 is 19.6 Å². The molecule has 0 fully saturated rings. The zero-order valence-corrected chi connectivity index (χ0v) is 7.86. The van der Waals surface area contributed by atoms with E-state index in [9.17, 15) is 0 Å². The molecule has 60 valence electrons. The maximum absolute atomic E-state index is 8.74. The molecular formula is H6MgO7SSi. The van der Waals surface area contributed by atoms with Gasteiger partial charge >= 0.3 is 42.6 Å². The van der Waals surface area contributed by atoms with Crippen LogP contribution in [0, 0.1) is 0 Å². The van der Waals surface area contributed by atoms with Crippen molar-refractivity contribution in [3.63, 3.8) is 0 Å². The Morgan fingerprint density at radius 3 is 1.20 bits per heavy atom. The molecule has 0 amide bonds. The van der Waals surface area contributed by atoms with Crippen LogP contribution in [-0.4, -0.2) is 59.3 Å². The van der Waals surface area contributed by atoms with Crippen LogP contribution in [0.25, 0.3) is 0 Å². The van der Waals surface area contributed by atoms with Gasteiger partial charge in [-0.1, -0.05) is 0 Å². The van der Waals surface area contributed by atoms with Crippen LogP contribution in [-0.2, 0) is 14.9 Å². The van der Waals surface area contributed by atoms with Gasteiger partial charge in [-0.2, -0.15) is 8.42 Å². The molecule has 0 spiro atoms. The molecule has 7 nitrogen and oxygen atoms in total. The Balaban J connectivity index is -0.0000000221. The van der Waals surface area contributed by atoms with Gasteiger partial charge in [0.25, 0.3) is 0 Å². The van der Waals surface area contributed by atoms with Crippen LogP contribution in [0.5, 0.6) is 0 Å². The second-order valence-electron chi connectivity index (χ2n) is 0.730. The fraction of sp³-hybridized carbons (Fsp3) is 0. The molecule has 0 aliphatic carbocycles. The zero-order chi connectivity index (χ0) is 8.08. The summed E-state index contributed by atoms with van der Waals surface area (Å²) >= 11 is 0. The van der Waals surface area contributed by atoms with E-state index >= 15 is 0 Å². The van der Waals surface area contributed by atoms with Crippen LogP contribution in [0.3, 0.4) is 0 Å². The number of hydrogen-bond acceptors (Lipinski definition) is 3. The minimum absolute atomic E-state index is 0. The number of rotatable bonds is 0. The van der Waals surface area contributed by atoms with Crippen LogP contribution in [0.4, 0.5) is 0 Å². The maximum atomic E-state index is 8.74. The Morgan fingerprint density at radius 1 is 1.20 bits per heavy atom. The van der Waals surface area contributed by atoms with Gasteiger partial charge in [0.2, 0.25) is 0 Å². The fourth-order valence-corrected chi connectivity index (χ4v) is 0. The standard InChI is InChI=1S/Mg.H2O4S.H2O3Si.2H/c;1-5(2,3)4;1-4(2)3;;/h;(H2,1,2,3,4);1-2H;;/q+2;;;2*-1. The van der Waals surface area contributed by atoms with E-state index in [0.29, 0.717) is 0 Å². The smallest absolute Gasteiger partial charge is 1.00 e. The molecule has 0 aliphatic heterocycles. The number of hydrogen-bond donors (Lipinski definition) is 4. The summed E-state index contributed by atoms with van der Waals surface area (Å²) in [6.45, 7) is 0. The topological polar surface area (TPSA) is 132 Å². The molecule has 0 saturated heterocycles. The van der Waals surface area contributed by atoms with Crippen molar-refractivity contribution >= 4 is 42.6 Å². The van der Waals surface area contributed by atoms with Crippen LogP contribution in [0.15, 0.2) is 0 Å². The molecule has 0 aromatic rings. The molecular weight excluding hydrogens is 196 g/mol. The zero-order valence-electron chi connectivity index (χ0n) is 6.63. The van der Waals surface area contributed by atoms with Crippen molar-refractivity contribution in [1.29, 1.82) is 0 Å². The second kappa shape index (κ2) is 7.36. The summed E-state index contributed by atoms with van der Waals surface area (Å²) in [7, 11) is -7.80. The van der Waals surface area contributed by atoms with Crippen molar-refractivity contribution in [1.82, 2.24) is 0 Å². The van der Waals surface area contributed by atoms with Crippen molar-refractivity contribution in [2.75, 3.05) is 0 Å². The van der Waals surface area contributed by atoms with E-state index in [1.54, 1.807) is 0 Å². The van der Waals surface area contributed by atoms with Gasteiger partial charge in [0.1, 0.15) is 0 Å². The third kappa shape index (κ3) is 6780. The summed E-state index contributed by atoms with van der Waals surface area (Å²) in [4.78, 5) is 14.3. The molecule has 10 heteroatoms. The molecule has 0 atom stereocenters. The normalized spacial score (nSPS) is 8.20. The Labute approximate surface area is 77.3 Å². The molecule has 0 aromatic carbocycles. The van der Waals surface area contributed by atoms with Crippen molar-refractivity contribution < 1.29 is 34.4 Å². The van der Waals surface area contributed by atoms with Crippen LogP contribution in [0.1, 0.15) is 2.85 Å². The summed E-state index contributed by atoms with van der Waals surface area (Å²) in [5.41, 5.74) is 0. The van der Waals surface area contributed by atoms with Gasteiger partial charge in [-0.15, -0.1) is 0 Å². The first kappa shape index (κ1) is 16.7. The van der Waals surface area contributed by atoms with Gasteiger partial charge in [-0.25, -0.2) is 0 Å². The third-order valence-electron chi connectivity index (χ3n) is 0. The van der Waals surface area contributed by atoms with Crippen LogP contribution in [0.2, 0.25) is 0 Å². The van der Waals surface area contributed by atoms with Gasteiger partial charge in [0, 0.05) is 0 Å². The summed E-state index contributed by atoms with van der Waals surface area (Å²) in [6.07, 6.45) is 0. The first-order chi connectivity index (χ1) is 3.73. The Kier molecular flexibility index (Phi) is 12.3. The monoisotopic (exact) mass is 202 g/mol. The Bertz CT molecular complexity index is 164. The molecule has 0 aromatic heterocycles. The Hall–Kier alpha value is 0.253. The van der Waals surface area contributed by atoms with E-state index in [1.807, 2.05) is 0 Å². The van der Waals surface area contributed by atoms with Crippen LogP contribution < -0.4 is 0 Å². The van der Waals surface area contributed by atoms with Crippen molar-refractivity contribution in [2.24, 2.45) is 0 Å². The van der Waals surface area contributed by atoms with Crippen molar-refractivity contribution in [3.05, 3.63) is 0 Å². The van der Waals surface area contributed by atoms with E-state index in [0.717, 1.165) is 0 Å². The average Bonchev–Trinajstić information content (AvgIpc) is 1.19. The second-order valence-corrected chi connectivity index (χ2v) is 2.19. The van der Waals surface area contributed by atoms with Crippen molar-refractivity contribution in [3.8, 4) is 0 Å². The molecule has 0 aliphatic rings. The van der Waals surface area contributed by atoms with E-state index in [1.165, 1.54) is 0 Å². The maximum Gasteiger partial charge on any atom is 2.00 e. The fourth-order valence-electron chi connectivity index (χ4n) is 0. The molecule has 0 heterocycles. The largest absolute Gasteiger partial charge is 2.00 e. The summed E-state index contributed by atoms with van der Waals surface area (Å²) in [5.74, 6) is 0. The van der Waals surface area contributed by atoms with Gasteiger partial charge in [-0.3, -0.25) is 13.6 Å². The van der Waals surface area contributed by atoms with Crippen molar-refractivity contribution in [2.45, 2.75) is 0 Å².